The molecule has 0 aliphatic carbocycles. The van der Waals surface area contributed by atoms with E-state index in [-0.39, 0.29) is 5.85 Å². The van der Waals surface area contributed by atoms with Crippen molar-refractivity contribution in [3.63, 3.8) is 0 Å². The smallest absolute Gasteiger partial charge is 0.445 e. The van der Waals surface area contributed by atoms with Gasteiger partial charge in [0.15, 0.2) is 18.9 Å². The zero-order valence-electron chi connectivity index (χ0n) is 28.4. The van der Waals surface area contributed by atoms with Gasteiger partial charge in [0, 0.05) is 0 Å². The average molecular weight is 750 g/mol. The minimum Gasteiger partial charge on any atom is -0.480 e. The first-order chi connectivity index (χ1) is 25.4. The second-order valence-electron chi connectivity index (χ2n) is 11.8. The Morgan fingerprint density at radius 3 is 1.27 bits per heavy atom. The molecule has 0 radical (unpaired) electrons. The molecule has 1 fully saturated rings. The van der Waals surface area contributed by atoms with Gasteiger partial charge in [0.05, 0.1) is 6.16 Å². The van der Waals surface area contributed by atoms with E-state index in [1.54, 1.807) is 24.3 Å². The second kappa shape index (κ2) is 16.0. The summed E-state index contributed by atoms with van der Waals surface area (Å²) >= 11 is 0. The van der Waals surface area contributed by atoms with Gasteiger partial charge in [-0.2, -0.15) is 0 Å². The average Bonchev–Trinajstić information content (AvgIpc) is 3.83. The van der Waals surface area contributed by atoms with E-state index < -0.39 is 28.2 Å². The SMILES string of the molecule is CC(N=P1(Oc2ccccc2)CC1Oc1ccccc1)P(=NP(=N)(Oc1ccccc1)Oc1ccccc1)(Oc1ccccc1)Oc1ccccc1. The third kappa shape index (κ3) is 8.99. The zero-order valence-corrected chi connectivity index (χ0v) is 31.1. The Morgan fingerprint density at radius 1 is 0.519 bits per heavy atom. The summed E-state index contributed by atoms with van der Waals surface area (Å²) in [6.07, 6.45) is 0.569. The minimum atomic E-state index is -3.99. The molecule has 3 atom stereocenters. The highest BCUT2D eigenvalue weighted by Gasteiger charge is 2.55. The molecule has 1 saturated heterocycles. The van der Waals surface area contributed by atoms with Crippen LogP contribution in [-0.2, 0) is 0 Å². The molecule has 1 heterocycles. The third-order valence-corrected chi connectivity index (χ3v) is 15.6. The fraction of sp³-hybridized carbons (Fsp3) is 0.100. The minimum absolute atomic E-state index is 0.315. The summed E-state index contributed by atoms with van der Waals surface area (Å²) in [7, 11) is -10.4. The standard InChI is InChI=1S/C40H38N3O6P3/c1-33(42-50(45-35-22-10-3-11-23-35)32-40(50)44-34-20-8-2-9-21-34)51(46-36-24-12-4-13-25-36,47-37-26-14-5-15-27-37)43-52(41,48-38-28-16-6-17-29-38)49-39-30-18-7-19-31-39/h2-31,33,40-41H,32H2,1H3. The Bertz CT molecular complexity index is 2110. The maximum atomic E-state index is 9.87. The van der Waals surface area contributed by atoms with Gasteiger partial charge in [-0.05, 0) is 79.7 Å². The maximum Gasteiger partial charge on any atom is 0.445 e. The first kappa shape index (κ1) is 35.2. The summed E-state index contributed by atoms with van der Waals surface area (Å²) in [5.74, 6) is 2.14. The van der Waals surface area contributed by atoms with Crippen LogP contribution in [0.4, 0.5) is 0 Å². The van der Waals surface area contributed by atoms with Crippen LogP contribution in [0.1, 0.15) is 6.92 Å². The lowest BCUT2D eigenvalue weighted by Crippen LogP contribution is -2.14. The van der Waals surface area contributed by atoms with E-state index >= 15 is 0 Å². The van der Waals surface area contributed by atoms with Crippen LogP contribution >= 0.6 is 22.4 Å². The van der Waals surface area contributed by atoms with E-state index in [2.05, 4.69) is 0 Å². The number of hydrogen-bond acceptors (Lipinski definition) is 8. The number of rotatable bonds is 15. The summed E-state index contributed by atoms with van der Waals surface area (Å²) in [6.45, 7) is 1.90. The maximum absolute atomic E-state index is 9.87. The topological polar surface area (TPSA) is 104 Å². The van der Waals surface area contributed by atoms with Crippen molar-refractivity contribution >= 4 is 22.4 Å². The van der Waals surface area contributed by atoms with Gasteiger partial charge < -0.3 is 27.4 Å². The van der Waals surface area contributed by atoms with Gasteiger partial charge in [0.2, 0.25) is 0 Å². The van der Waals surface area contributed by atoms with Gasteiger partial charge in [-0.3, -0.25) is 0 Å². The molecule has 6 aromatic carbocycles. The van der Waals surface area contributed by atoms with Crippen molar-refractivity contribution in [2.75, 3.05) is 6.16 Å². The van der Waals surface area contributed by atoms with Crippen molar-refractivity contribution in [1.82, 2.24) is 0 Å². The van der Waals surface area contributed by atoms with Crippen molar-refractivity contribution in [2.24, 2.45) is 9.26 Å². The fourth-order valence-electron chi connectivity index (χ4n) is 5.22. The molecule has 52 heavy (non-hydrogen) atoms. The third-order valence-electron chi connectivity index (χ3n) is 7.74. The summed E-state index contributed by atoms with van der Waals surface area (Å²) in [4.78, 5) is 0. The largest absolute Gasteiger partial charge is 0.480 e. The van der Waals surface area contributed by atoms with Crippen molar-refractivity contribution in [2.45, 2.75) is 18.6 Å². The van der Waals surface area contributed by atoms with Crippen molar-refractivity contribution in [1.29, 1.82) is 5.16 Å². The highest BCUT2D eigenvalue weighted by Crippen LogP contribution is 2.74. The van der Waals surface area contributed by atoms with E-state index in [0.29, 0.717) is 34.9 Å². The van der Waals surface area contributed by atoms with Crippen LogP contribution in [0.3, 0.4) is 0 Å². The van der Waals surface area contributed by atoms with E-state index in [4.69, 9.17) is 36.6 Å². The lowest BCUT2D eigenvalue weighted by molar-refractivity contribution is 0.328. The molecule has 9 nitrogen and oxygen atoms in total. The molecule has 6 aromatic rings. The highest BCUT2D eigenvalue weighted by molar-refractivity contribution is 7.71. The molecular formula is C40H38N3O6P3. The molecule has 3 unspecified atom stereocenters. The Balaban J connectivity index is 1.42. The van der Waals surface area contributed by atoms with E-state index in [0.717, 1.165) is 5.75 Å². The summed E-state index contributed by atoms with van der Waals surface area (Å²) < 4.78 is 50.5. The molecule has 1 aliphatic heterocycles. The molecule has 1 N–H and O–H groups in total. The van der Waals surface area contributed by atoms with Crippen LogP contribution < -0.4 is 27.4 Å². The number of ether oxygens (including phenoxy) is 1. The number of benzene rings is 6. The van der Waals surface area contributed by atoms with Gasteiger partial charge in [0.1, 0.15) is 34.5 Å². The van der Waals surface area contributed by atoms with E-state index in [1.807, 2.05) is 165 Å². The van der Waals surface area contributed by atoms with Crippen molar-refractivity contribution in [3.05, 3.63) is 182 Å². The van der Waals surface area contributed by atoms with E-state index in [1.165, 1.54) is 0 Å². The highest BCUT2D eigenvalue weighted by atomic mass is 31.2. The van der Waals surface area contributed by atoms with Crippen molar-refractivity contribution < 1.29 is 27.4 Å². The molecule has 0 bridgehead atoms. The second-order valence-corrected chi connectivity index (χ2v) is 19.0. The Labute approximate surface area is 304 Å². The van der Waals surface area contributed by atoms with Crippen LogP contribution in [0.15, 0.2) is 191 Å². The Hall–Kier alpha value is -5.19. The first-order valence-electron chi connectivity index (χ1n) is 16.7. The van der Waals surface area contributed by atoms with Crippen LogP contribution in [0, 0.1) is 5.16 Å². The number of nitrogens with zero attached hydrogens (tertiary/aromatic N) is 2. The first-order valence-corrected chi connectivity index (χ1v) is 21.9. The Kier molecular flexibility index (Phi) is 10.8. The lowest BCUT2D eigenvalue weighted by Gasteiger charge is -2.31. The Morgan fingerprint density at radius 2 is 0.865 bits per heavy atom. The molecule has 12 heteroatoms. The number of nitrogens with one attached hydrogen (secondary N) is 1. The zero-order chi connectivity index (χ0) is 35.7. The summed E-state index contributed by atoms with van der Waals surface area (Å²) in [5.41, 5.74) is 0. The molecule has 0 spiro atoms. The summed E-state index contributed by atoms with van der Waals surface area (Å²) in [6, 6.07) is 56.0. The molecule has 0 aromatic heterocycles. The van der Waals surface area contributed by atoms with Gasteiger partial charge in [-0.15, -0.1) is 4.52 Å². The van der Waals surface area contributed by atoms with Gasteiger partial charge in [-0.1, -0.05) is 109 Å². The van der Waals surface area contributed by atoms with Crippen LogP contribution in [0.25, 0.3) is 0 Å². The predicted octanol–water partition coefficient (Wildman–Crippen LogP) is 12.8. The van der Waals surface area contributed by atoms with Crippen LogP contribution in [0.5, 0.6) is 34.5 Å². The number of para-hydroxylation sites is 6. The molecular weight excluding hydrogens is 711 g/mol. The van der Waals surface area contributed by atoms with Gasteiger partial charge in [0.25, 0.3) is 0 Å². The van der Waals surface area contributed by atoms with E-state index in [9.17, 15) is 5.16 Å². The van der Waals surface area contributed by atoms with Gasteiger partial charge >= 0.3 is 15.2 Å². The molecule has 0 amide bonds. The quantitative estimate of drug-likeness (QED) is 0.105. The van der Waals surface area contributed by atoms with Crippen LogP contribution in [0.2, 0.25) is 0 Å². The molecule has 1 aliphatic rings. The van der Waals surface area contributed by atoms with Crippen molar-refractivity contribution in [3.8, 4) is 34.5 Å². The number of hydrogen-bond donors (Lipinski definition) is 1. The normalized spacial score (nSPS) is 17.1. The van der Waals surface area contributed by atoms with Gasteiger partial charge in [-0.25, -0.2) is 9.91 Å². The predicted molar refractivity (Wildman–Crippen MR) is 209 cm³/mol. The summed E-state index contributed by atoms with van der Waals surface area (Å²) in [5, 5.41) is 9.87. The molecule has 264 valence electrons. The monoisotopic (exact) mass is 749 g/mol. The lowest BCUT2D eigenvalue weighted by atomic mass is 10.3. The fourth-order valence-corrected chi connectivity index (χ4v) is 13.5. The molecule has 7 rings (SSSR count). The molecule has 0 saturated carbocycles. The van der Waals surface area contributed by atoms with Crippen LogP contribution in [-0.4, -0.2) is 17.8 Å².